The van der Waals surface area contributed by atoms with E-state index in [1.54, 1.807) is 10.8 Å². The molecule has 1 aromatic carbocycles. The first-order valence-electron chi connectivity index (χ1n) is 6.30. The molecule has 2 atom stereocenters. The molecule has 1 heteroatoms. The lowest BCUT2D eigenvalue weighted by molar-refractivity contribution is 0.771. The fraction of sp³-hybridized carbons (Fsp3) is 0.467. The Morgan fingerprint density at radius 2 is 1.81 bits per heavy atom. The molecule has 1 aromatic rings. The minimum Gasteiger partial charge on any atom is -0.0837 e. The van der Waals surface area contributed by atoms with Crippen LogP contribution in [-0.2, 0) is 5.41 Å². The van der Waals surface area contributed by atoms with E-state index >= 15 is 0 Å². The molecule has 0 N–H and O–H groups in total. The van der Waals surface area contributed by atoms with Crippen LogP contribution in [0.3, 0.4) is 0 Å². The number of hydrogen-bond donors (Lipinski definition) is 0. The van der Waals surface area contributed by atoms with Crippen LogP contribution in [0.4, 0.5) is 0 Å². The number of benzene rings is 1. The maximum atomic E-state index is 2.64. The molecule has 0 aliphatic heterocycles. The summed E-state index contributed by atoms with van der Waals surface area (Å²) in [6, 6.07) is 11.1. The molecule has 0 amide bonds. The van der Waals surface area contributed by atoms with Crippen molar-refractivity contribution >= 4 is 8.07 Å². The van der Waals surface area contributed by atoms with Crippen LogP contribution in [0.1, 0.15) is 18.4 Å². The van der Waals surface area contributed by atoms with Crippen molar-refractivity contribution in [2.24, 2.45) is 5.92 Å². The minimum atomic E-state index is -1.05. The monoisotopic (exact) mass is 228 g/mol. The van der Waals surface area contributed by atoms with E-state index < -0.39 is 8.07 Å². The third-order valence-corrected chi connectivity index (χ3v) is 6.60. The molecule has 0 aromatic heterocycles. The first-order valence-corrected chi connectivity index (χ1v) is 9.80. The molecule has 2 aliphatic carbocycles. The van der Waals surface area contributed by atoms with E-state index in [2.05, 4.69) is 56.0 Å². The second kappa shape index (κ2) is 3.10. The maximum Gasteiger partial charge on any atom is 0.0720 e. The summed E-state index contributed by atoms with van der Waals surface area (Å²) in [5, 5.41) is 1.80. The summed E-state index contributed by atoms with van der Waals surface area (Å²) in [5.74, 6) is 0.927. The average molecular weight is 228 g/mol. The highest BCUT2D eigenvalue weighted by Crippen LogP contribution is 2.63. The molecule has 3 rings (SSSR count). The van der Waals surface area contributed by atoms with Gasteiger partial charge >= 0.3 is 0 Å². The van der Waals surface area contributed by atoms with Crippen molar-refractivity contribution in [3.05, 3.63) is 47.2 Å². The van der Waals surface area contributed by atoms with Crippen LogP contribution in [0.2, 0.25) is 19.6 Å². The van der Waals surface area contributed by atoms with Crippen LogP contribution >= 0.6 is 0 Å². The van der Waals surface area contributed by atoms with Crippen molar-refractivity contribution in [2.75, 3.05) is 0 Å². The van der Waals surface area contributed by atoms with Gasteiger partial charge in [0.2, 0.25) is 0 Å². The van der Waals surface area contributed by atoms with Crippen LogP contribution in [0.15, 0.2) is 41.6 Å². The lowest BCUT2D eigenvalue weighted by Crippen LogP contribution is -2.23. The Labute approximate surface area is 99.4 Å². The van der Waals surface area contributed by atoms with Gasteiger partial charge in [-0.15, -0.1) is 0 Å². The van der Waals surface area contributed by atoms with Gasteiger partial charge in [0.15, 0.2) is 0 Å². The average Bonchev–Trinajstić information content (AvgIpc) is 2.82. The lowest BCUT2D eigenvalue weighted by Gasteiger charge is -2.19. The zero-order valence-electron chi connectivity index (χ0n) is 10.5. The zero-order valence-corrected chi connectivity index (χ0v) is 11.5. The van der Waals surface area contributed by atoms with E-state index in [9.17, 15) is 0 Å². The Hall–Kier alpha value is -0.823. The fourth-order valence-electron chi connectivity index (χ4n) is 3.12. The molecule has 0 nitrogen and oxygen atoms in total. The Balaban J connectivity index is 1.97. The van der Waals surface area contributed by atoms with Gasteiger partial charge in [-0.05, 0) is 24.3 Å². The third-order valence-electron chi connectivity index (χ3n) is 4.33. The van der Waals surface area contributed by atoms with Crippen LogP contribution in [0.5, 0.6) is 0 Å². The lowest BCUT2D eigenvalue weighted by atomic mass is 9.96. The van der Waals surface area contributed by atoms with Gasteiger partial charge < -0.3 is 0 Å². The maximum absolute atomic E-state index is 2.64. The van der Waals surface area contributed by atoms with Crippen molar-refractivity contribution in [2.45, 2.75) is 37.9 Å². The molecule has 1 saturated carbocycles. The molecule has 84 valence electrons. The van der Waals surface area contributed by atoms with E-state index in [0.717, 1.165) is 5.92 Å². The number of allylic oxidation sites excluding steroid dienone is 2. The highest BCUT2D eigenvalue weighted by molar-refractivity contribution is 6.83. The molecule has 0 heterocycles. The minimum absolute atomic E-state index is 0.455. The van der Waals surface area contributed by atoms with Gasteiger partial charge in [-0.1, -0.05) is 61.2 Å². The van der Waals surface area contributed by atoms with Gasteiger partial charge in [0.1, 0.15) is 0 Å². The second-order valence-electron chi connectivity index (χ2n) is 6.43. The number of fused-ring (bicyclic) bond motifs is 1. The highest BCUT2D eigenvalue weighted by atomic mass is 28.3. The molecule has 0 saturated heterocycles. The summed E-state index contributed by atoms with van der Waals surface area (Å²) in [5.41, 5.74) is 2.00. The smallest absolute Gasteiger partial charge is 0.0720 e. The predicted molar refractivity (Wildman–Crippen MR) is 72.3 cm³/mol. The zero-order chi connectivity index (χ0) is 11.4. The molecular formula is C15H20Si. The Bertz CT molecular complexity index is 438. The predicted octanol–water partition coefficient (Wildman–Crippen LogP) is 4.15. The van der Waals surface area contributed by atoms with Crippen LogP contribution < -0.4 is 0 Å². The van der Waals surface area contributed by atoms with Crippen molar-refractivity contribution in [1.82, 2.24) is 0 Å². The van der Waals surface area contributed by atoms with Gasteiger partial charge in [-0.2, -0.15) is 0 Å². The molecule has 0 bridgehead atoms. The first kappa shape index (κ1) is 10.3. The van der Waals surface area contributed by atoms with E-state index in [0.29, 0.717) is 5.41 Å². The molecular weight excluding hydrogens is 208 g/mol. The topological polar surface area (TPSA) is 0 Å². The van der Waals surface area contributed by atoms with Gasteiger partial charge in [-0.25, -0.2) is 0 Å². The van der Waals surface area contributed by atoms with Gasteiger partial charge in [0.25, 0.3) is 0 Å². The van der Waals surface area contributed by atoms with Gasteiger partial charge in [-0.3, -0.25) is 0 Å². The molecule has 0 unspecified atom stereocenters. The Morgan fingerprint density at radius 3 is 2.38 bits per heavy atom. The molecule has 0 spiro atoms. The molecule has 0 radical (unpaired) electrons. The van der Waals surface area contributed by atoms with E-state index in [4.69, 9.17) is 0 Å². The third kappa shape index (κ3) is 1.41. The van der Waals surface area contributed by atoms with Crippen LogP contribution in [0, 0.1) is 5.92 Å². The standard InChI is InChI=1S/C15H20Si/c1-16(2,3)14-9-13-10-15(13,11-14)12-7-5-4-6-8-12/h4-8,11,13H,9-10H2,1-3H3/t13-,15-/m0/s1. The van der Waals surface area contributed by atoms with E-state index in [-0.39, 0.29) is 0 Å². The van der Waals surface area contributed by atoms with E-state index in [1.807, 2.05) is 0 Å². The normalized spacial score (nSPS) is 32.2. The van der Waals surface area contributed by atoms with Crippen molar-refractivity contribution in [3.8, 4) is 0 Å². The SMILES string of the molecule is C[Si](C)(C)C1=C[C@]2(c3ccccc3)C[C@@H]2C1. The summed E-state index contributed by atoms with van der Waals surface area (Å²) in [4.78, 5) is 0. The molecule has 1 fully saturated rings. The molecule has 2 aliphatic rings. The summed E-state index contributed by atoms with van der Waals surface area (Å²) >= 11 is 0. The fourth-order valence-corrected chi connectivity index (χ4v) is 4.67. The van der Waals surface area contributed by atoms with Crippen LogP contribution in [-0.4, -0.2) is 8.07 Å². The first-order chi connectivity index (χ1) is 7.52. The second-order valence-corrected chi connectivity index (χ2v) is 11.6. The quantitative estimate of drug-likeness (QED) is 0.667. The number of rotatable bonds is 2. The largest absolute Gasteiger partial charge is 0.0837 e. The Morgan fingerprint density at radius 1 is 1.12 bits per heavy atom. The molecule has 16 heavy (non-hydrogen) atoms. The van der Waals surface area contributed by atoms with Gasteiger partial charge in [0, 0.05) is 5.41 Å². The summed E-state index contributed by atoms with van der Waals surface area (Å²) in [7, 11) is -1.05. The summed E-state index contributed by atoms with van der Waals surface area (Å²) in [6.45, 7) is 7.42. The van der Waals surface area contributed by atoms with E-state index in [1.165, 1.54) is 12.8 Å². The highest BCUT2D eigenvalue weighted by Gasteiger charge is 2.57. The van der Waals surface area contributed by atoms with Crippen molar-refractivity contribution < 1.29 is 0 Å². The Kier molecular flexibility index (Phi) is 2.00. The summed E-state index contributed by atoms with van der Waals surface area (Å²) < 4.78 is 0. The van der Waals surface area contributed by atoms with Crippen molar-refractivity contribution in [1.29, 1.82) is 0 Å². The number of hydrogen-bond acceptors (Lipinski definition) is 0. The summed E-state index contributed by atoms with van der Waals surface area (Å²) in [6.07, 6.45) is 5.41. The van der Waals surface area contributed by atoms with Crippen LogP contribution in [0.25, 0.3) is 0 Å². The van der Waals surface area contributed by atoms with Crippen molar-refractivity contribution in [3.63, 3.8) is 0 Å². The van der Waals surface area contributed by atoms with Gasteiger partial charge in [0.05, 0.1) is 8.07 Å².